The number of nitrogens with one attached hydrogen (secondary N) is 1. The van der Waals surface area contributed by atoms with Crippen molar-refractivity contribution < 1.29 is 21.8 Å². The highest BCUT2D eigenvalue weighted by atomic mass is 32.3. The van der Waals surface area contributed by atoms with Gasteiger partial charge in [-0.1, -0.05) is 3.89 Å². The van der Waals surface area contributed by atoms with Gasteiger partial charge in [0, 0.05) is 12.0 Å². The first-order valence-electron chi connectivity index (χ1n) is 8.50. The minimum atomic E-state index is -4.76. The lowest BCUT2D eigenvalue weighted by molar-refractivity contribution is -0.198. The van der Waals surface area contributed by atoms with Crippen molar-refractivity contribution in [2.45, 2.75) is 64.4 Å². The van der Waals surface area contributed by atoms with Gasteiger partial charge in [0.05, 0.1) is 6.42 Å². The predicted octanol–water partition coefficient (Wildman–Crippen LogP) is 2.72. The molecule has 4 rings (SSSR count). The number of rotatable bonds is 6. The summed E-state index contributed by atoms with van der Waals surface area (Å²) in [7, 11) is -4.76. The fraction of sp³-hybridized carbons (Fsp3) is 0.938. The standard InChI is InChI=1S/C16H26FNO4S/c1-15(2,22-14(19)3-4-18-23(17,20)21)16-8-11-5-12(9-16)7-13(6-11)10-16/h11-13,18H,3-10H2,1-2H3. The molecule has 0 unspecified atom stereocenters. The number of carbonyl (C=O) groups is 1. The summed E-state index contributed by atoms with van der Waals surface area (Å²) in [5.41, 5.74) is -0.508. The quantitative estimate of drug-likeness (QED) is 0.592. The van der Waals surface area contributed by atoms with Gasteiger partial charge in [0.1, 0.15) is 5.60 Å². The van der Waals surface area contributed by atoms with Gasteiger partial charge in [-0.25, -0.2) is 0 Å². The molecule has 4 bridgehead atoms. The zero-order chi connectivity index (χ0) is 16.9. The van der Waals surface area contributed by atoms with Gasteiger partial charge in [-0.3, -0.25) is 4.79 Å². The predicted molar refractivity (Wildman–Crippen MR) is 83.4 cm³/mol. The lowest BCUT2D eigenvalue weighted by atomic mass is 9.46. The van der Waals surface area contributed by atoms with Crippen LogP contribution in [0.15, 0.2) is 0 Å². The van der Waals surface area contributed by atoms with Gasteiger partial charge in [0.25, 0.3) is 0 Å². The van der Waals surface area contributed by atoms with E-state index in [1.165, 1.54) is 19.3 Å². The molecule has 1 N–H and O–H groups in total. The smallest absolute Gasteiger partial charge is 0.372 e. The van der Waals surface area contributed by atoms with Crippen LogP contribution in [0, 0.1) is 23.2 Å². The summed E-state index contributed by atoms with van der Waals surface area (Å²) in [6.45, 7) is 3.70. The van der Waals surface area contributed by atoms with Crippen LogP contribution in [0.4, 0.5) is 3.89 Å². The van der Waals surface area contributed by atoms with Crippen LogP contribution >= 0.6 is 0 Å². The Kier molecular flexibility index (Phi) is 4.24. The molecule has 7 heteroatoms. The fourth-order valence-electron chi connectivity index (χ4n) is 5.57. The summed E-state index contributed by atoms with van der Waals surface area (Å²) in [5, 5.41) is 0. The maximum atomic E-state index is 12.4. The van der Waals surface area contributed by atoms with Gasteiger partial charge in [-0.2, -0.15) is 13.1 Å². The molecule has 0 spiro atoms. The van der Waals surface area contributed by atoms with Gasteiger partial charge in [0.15, 0.2) is 0 Å². The average molecular weight is 347 g/mol. The van der Waals surface area contributed by atoms with Crippen molar-refractivity contribution in [3.63, 3.8) is 0 Å². The third-order valence-corrected chi connectivity index (χ3v) is 6.84. The van der Waals surface area contributed by atoms with Crippen LogP contribution in [0.1, 0.15) is 58.8 Å². The second-order valence-corrected chi connectivity index (χ2v) is 9.43. The summed E-state index contributed by atoms with van der Waals surface area (Å²) in [6, 6.07) is 0. The molecule has 0 aromatic heterocycles. The van der Waals surface area contributed by atoms with E-state index < -0.39 is 22.0 Å². The van der Waals surface area contributed by atoms with Crippen LogP contribution in [0.2, 0.25) is 0 Å². The van der Waals surface area contributed by atoms with E-state index in [1.54, 1.807) is 4.72 Å². The fourth-order valence-corrected chi connectivity index (χ4v) is 5.91. The Balaban J connectivity index is 1.61. The highest BCUT2D eigenvalue weighted by Gasteiger charge is 2.58. The molecule has 0 aromatic carbocycles. The van der Waals surface area contributed by atoms with Crippen LogP contribution in [-0.4, -0.2) is 26.5 Å². The molecular weight excluding hydrogens is 321 g/mol. The molecule has 4 aliphatic rings. The zero-order valence-electron chi connectivity index (χ0n) is 13.8. The van der Waals surface area contributed by atoms with Crippen molar-refractivity contribution in [1.82, 2.24) is 4.72 Å². The Hall–Kier alpha value is -0.690. The van der Waals surface area contributed by atoms with Crippen molar-refractivity contribution >= 4 is 16.4 Å². The molecule has 0 radical (unpaired) electrons. The van der Waals surface area contributed by atoms with E-state index in [-0.39, 0.29) is 18.4 Å². The highest BCUT2D eigenvalue weighted by Crippen LogP contribution is 2.64. The molecule has 4 aliphatic carbocycles. The number of esters is 1. The third kappa shape index (κ3) is 3.55. The number of ether oxygens (including phenoxy) is 1. The SMILES string of the molecule is CC(C)(OC(=O)CCNS(=O)(=O)F)C12CC3CC(CC(C3)C1)C2. The molecule has 4 fully saturated rings. The molecule has 4 saturated carbocycles. The summed E-state index contributed by atoms with van der Waals surface area (Å²) in [5.74, 6) is 1.81. The molecule has 23 heavy (non-hydrogen) atoms. The minimum absolute atomic E-state index is 0.0526. The van der Waals surface area contributed by atoms with Gasteiger partial charge in [-0.15, -0.1) is 0 Å². The molecule has 132 valence electrons. The molecule has 0 atom stereocenters. The van der Waals surface area contributed by atoms with E-state index in [9.17, 15) is 17.1 Å². The Morgan fingerprint density at radius 1 is 1.17 bits per heavy atom. The van der Waals surface area contributed by atoms with Gasteiger partial charge >= 0.3 is 16.4 Å². The third-order valence-electron chi connectivity index (χ3n) is 6.29. The lowest BCUT2D eigenvalue weighted by Crippen LogP contribution is -2.57. The van der Waals surface area contributed by atoms with E-state index >= 15 is 0 Å². The monoisotopic (exact) mass is 347 g/mol. The first-order chi connectivity index (χ1) is 10.6. The minimum Gasteiger partial charge on any atom is -0.459 e. The van der Waals surface area contributed by atoms with Crippen LogP contribution in [-0.2, 0) is 19.9 Å². The van der Waals surface area contributed by atoms with E-state index in [1.807, 2.05) is 13.8 Å². The van der Waals surface area contributed by atoms with E-state index in [2.05, 4.69) is 0 Å². The van der Waals surface area contributed by atoms with Crippen molar-refractivity contribution in [3.05, 3.63) is 0 Å². The van der Waals surface area contributed by atoms with Crippen LogP contribution in [0.5, 0.6) is 0 Å². The molecule has 0 amide bonds. The molecule has 5 nitrogen and oxygen atoms in total. The zero-order valence-corrected chi connectivity index (χ0v) is 14.6. The Labute approximate surface area is 137 Å². The number of carbonyl (C=O) groups excluding carboxylic acids is 1. The molecule has 0 saturated heterocycles. The van der Waals surface area contributed by atoms with Crippen molar-refractivity contribution in [1.29, 1.82) is 0 Å². The van der Waals surface area contributed by atoms with Crippen LogP contribution < -0.4 is 4.72 Å². The first-order valence-corrected chi connectivity index (χ1v) is 9.88. The van der Waals surface area contributed by atoms with Crippen LogP contribution in [0.25, 0.3) is 0 Å². The van der Waals surface area contributed by atoms with E-state index in [0.29, 0.717) is 0 Å². The highest BCUT2D eigenvalue weighted by molar-refractivity contribution is 7.84. The Morgan fingerprint density at radius 3 is 2.09 bits per heavy atom. The Morgan fingerprint density at radius 2 is 1.65 bits per heavy atom. The average Bonchev–Trinajstić information content (AvgIpc) is 2.34. The lowest BCUT2D eigenvalue weighted by Gasteiger charge is -2.61. The normalized spacial score (nSPS) is 36.2. The van der Waals surface area contributed by atoms with Crippen LogP contribution in [0.3, 0.4) is 0 Å². The summed E-state index contributed by atoms with van der Waals surface area (Å²) < 4.78 is 40.6. The molecule has 0 aliphatic heterocycles. The van der Waals surface area contributed by atoms with Crippen molar-refractivity contribution in [2.24, 2.45) is 23.2 Å². The van der Waals surface area contributed by atoms with Gasteiger partial charge in [0.2, 0.25) is 0 Å². The number of hydrogen-bond donors (Lipinski definition) is 1. The second kappa shape index (κ2) is 5.69. The van der Waals surface area contributed by atoms with E-state index in [4.69, 9.17) is 4.74 Å². The first kappa shape index (κ1) is 17.1. The number of halogens is 1. The topological polar surface area (TPSA) is 72.5 Å². The summed E-state index contributed by atoms with van der Waals surface area (Å²) in [4.78, 5) is 12.1. The van der Waals surface area contributed by atoms with Gasteiger partial charge < -0.3 is 4.74 Å². The van der Waals surface area contributed by atoms with E-state index in [0.717, 1.165) is 37.0 Å². The summed E-state index contributed by atoms with van der Waals surface area (Å²) >= 11 is 0. The summed E-state index contributed by atoms with van der Waals surface area (Å²) in [6.07, 6.45) is 7.17. The Bertz CT molecular complexity index is 552. The largest absolute Gasteiger partial charge is 0.459 e. The van der Waals surface area contributed by atoms with Gasteiger partial charge in [-0.05, 0) is 70.1 Å². The number of hydrogen-bond acceptors (Lipinski definition) is 4. The maximum Gasteiger partial charge on any atom is 0.372 e. The maximum absolute atomic E-state index is 12.4. The molecule has 0 aromatic rings. The molecular formula is C16H26FNO4S. The molecule has 0 heterocycles. The second-order valence-electron chi connectivity index (χ2n) is 8.26. The van der Waals surface area contributed by atoms with Crippen molar-refractivity contribution in [2.75, 3.05) is 6.54 Å². The van der Waals surface area contributed by atoms with Crippen molar-refractivity contribution in [3.8, 4) is 0 Å².